The Hall–Kier alpha value is -2.88. The van der Waals surface area contributed by atoms with Gasteiger partial charge in [-0.15, -0.1) is 5.10 Å². The number of rotatable bonds is 4. The molecule has 0 bridgehead atoms. The lowest BCUT2D eigenvalue weighted by Crippen LogP contribution is -2.20. The third kappa shape index (κ3) is 3.29. The number of aryl methyl sites for hydroxylation is 1. The zero-order valence-electron chi connectivity index (χ0n) is 10.1. The van der Waals surface area contributed by atoms with Crippen molar-refractivity contribution >= 4 is 11.9 Å². The molecule has 0 aliphatic rings. The molecule has 96 valence electrons. The van der Waals surface area contributed by atoms with Gasteiger partial charge in [-0.3, -0.25) is 10.1 Å². The van der Waals surface area contributed by atoms with E-state index in [0.717, 1.165) is 0 Å². The summed E-state index contributed by atoms with van der Waals surface area (Å²) in [5.41, 5.74) is 0.365. The summed E-state index contributed by atoms with van der Waals surface area (Å²) in [7, 11) is 0. The zero-order chi connectivity index (χ0) is 13.7. The molecule has 0 spiro atoms. The standard InChI is InChI=1S/C12H10N4O3/c1-8-15-16-12(19-8)14-11(17)7-18-10-5-3-2-4-9(10)6-13/h2-5H,7H2,1H3,(H,14,16,17). The molecule has 1 amide bonds. The fraction of sp³-hybridized carbons (Fsp3) is 0.167. The molecule has 0 saturated carbocycles. The van der Waals surface area contributed by atoms with Gasteiger partial charge in [0.2, 0.25) is 5.89 Å². The van der Waals surface area contributed by atoms with E-state index in [9.17, 15) is 4.79 Å². The van der Waals surface area contributed by atoms with Crippen molar-refractivity contribution in [3.8, 4) is 11.8 Å². The van der Waals surface area contributed by atoms with Crippen LogP contribution in [0.5, 0.6) is 5.75 Å². The summed E-state index contributed by atoms with van der Waals surface area (Å²) in [4.78, 5) is 11.5. The summed E-state index contributed by atoms with van der Waals surface area (Å²) in [5, 5.41) is 18.4. The highest BCUT2D eigenvalue weighted by molar-refractivity contribution is 5.89. The molecular weight excluding hydrogens is 248 g/mol. The summed E-state index contributed by atoms with van der Waals surface area (Å²) in [6, 6.07) is 8.64. The van der Waals surface area contributed by atoms with Crippen molar-refractivity contribution in [2.24, 2.45) is 0 Å². The van der Waals surface area contributed by atoms with Crippen molar-refractivity contribution in [2.75, 3.05) is 11.9 Å². The van der Waals surface area contributed by atoms with Crippen LogP contribution in [-0.2, 0) is 4.79 Å². The first-order valence-corrected chi connectivity index (χ1v) is 5.41. The molecule has 0 radical (unpaired) electrons. The quantitative estimate of drug-likeness (QED) is 0.886. The second-order valence-corrected chi connectivity index (χ2v) is 3.57. The van der Waals surface area contributed by atoms with Crippen LogP contribution in [0.4, 0.5) is 6.01 Å². The van der Waals surface area contributed by atoms with E-state index in [4.69, 9.17) is 14.4 Å². The molecule has 0 unspecified atom stereocenters. The van der Waals surface area contributed by atoms with Crippen molar-refractivity contribution in [3.63, 3.8) is 0 Å². The van der Waals surface area contributed by atoms with Gasteiger partial charge in [-0.1, -0.05) is 17.2 Å². The van der Waals surface area contributed by atoms with E-state index in [1.165, 1.54) is 0 Å². The first-order valence-electron chi connectivity index (χ1n) is 5.41. The molecule has 1 aromatic carbocycles. The first-order chi connectivity index (χ1) is 9.19. The van der Waals surface area contributed by atoms with Crippen molar-refractivity contribution in [3.05, 3.63) is 35.7 Å². The van der Waals surface area contributed by atoms with Crippen LogP contribution in [0.15, 0.2) is 28.7 Å². The molecule has 19 heavy (non-hydrogen) atoms. The van der Waals surface area contributed by atoms with Crippen LogP contribution in [0.2, 0.25) is 0 Å². The Morgan fingerprint density at radius 3 is 2.95 bits per heavy atom. The van der Waals surface area contributed by atoms with Gasteiger partial charge in [0.25, 0.3) is 5.91 Å². The Morgan fingerprint density at radius 1 is 1.47 bits per heavy atom. The lowest BCUT2D eigenvalue weighted by atomic mass is 10.2. The molecule has 0 saturated heterocycles. The molecule has 0 atom stereocenters. The van der Waals surface area contributed by atoms with Gasteiger partial charge in [0.15, 0.2) is 6.61 Å². The lowest BCUT2D eigenvalue weighted by molar-refractivity contribution is -0.118. The number of para-hydroxylation sites is 1. The number of nitriles is 1. The van der Waals surface area contributed by atoms with Gasteiger partial charge < -0.3 is 9.15 Å². The van der Waals surface area contributed by atoms with Crippen LogP contribution in [0.3, 0.4) is 0 Å². The molecule has 1 N–H and O–H groups in total. The highest BCUT2D eigenvalue weighted by Crippen LogP contribution is 2.16. The number of hydrogen-bond donors (Lipinski definition) is 1. The van der Waals surface area contributed by atoms with E-state index in [-0.39, 0.29) is 12.6 Å². The van der Waals surface area contributed by atoms with Crippen molar-refractivity contribution in [2.45, 2.75) is 6.92 Å². The maximum absolute atomic E-state index is 11.5. The number of ether oxygens (including phenoxy) is 1. The number of aromatic nitrogens is 2. The maximum atomic E-state index is 11.5. The fourth-order valence-corrected chi connectivity index (χ4v) is 1.33. The maximum Gasteiger partial charge on any atom is 0.322 e. The average Bonchev–Trinajstić information content (AvgIpc) is 2.82. The van der Waals surface area contributed by atoms with Crippen LogP contribution < -0.4 is 10.1 Å². The van der Waals surface area contributed by atoms with Gasteiger partial charge in [0.05, 0.1) is 5.56 Å². The van der Waals surface area contributed by atoms with Crippen LogP contribution in [0.1, 0.15) is 11.5 Å². The molecule has 0 aliphatic carbocycles. The number of amides is 1. The molecule has 0 aliphatic heterocycles. The number of hydrogen-bond acceptors (Lipinski definition) is 6. The van der Waals surface area contributed by atoms with Gasteiger partial charge >= 0.3 is 6.01 Å². The predicted octanol–water partition coefficient (Wildman–Crippen LogP) is 1.27. The number of benzene rings is 1. The van der Waals surface area contributed by atoms with Gasteiger partial charge in [0, 0.05) is 6.92 Å². The fourth-order valence-electron chi connectivity index (χ4n) is 1.33. The molecule has 0 fully saturated rings. The largest absolute Gasteiger partial charge is 0.482 e. The Bertz CT molecular complexity index is 630. The zero-order valence-corrected chi connectivity index (χ0v) is 10.1. The Morgan fingerprint density at radius 2 is 2.26 bits per heavy atom. The summed E-state index contributed by atoms with van der Waals surface area (Å²) in [5.74, 6) is 0.254. The van der Waals surface area contributed by atoms with E-state index in [0.29, 0.717) is 17.2 Å². The summed E-state index contributed by atoms with van der Waals surface area (Å²) in [6.45, 7) is 1.36. The van der Waals surface area contributed by atoms with E-state index >= 15 is 0 Å². The monoisotopic (exact) mass is 258 g/mol. The third-order valence-electron chi connectivity index (χ3n) is 2.14. The topological polar surface area (TPSA) is 101 Å². The minimum atomic E-state index is -0.448. The van der Waals surface area contributed by atoms with Crippen molar-refractivity contribution < 1.29 is 13.9 Å². The normalized spacial score (nSPS) is 9.68. The minimum Gasteiger partial charge on any atom is -0.482 e. The van der Waals surface area contributed by atoms with E-state index < -0.39 is 5.91 Å². The molecular formula is C12H10N4O3. The predicted molar refractivity (Wildman–Crippen MR) is 64.3 cm³/mol. The summed E-state index contributed by atoms with van der Waals surface area (Å²) < 4.78 is 10.2. The summed E-state index contributed by atoms with van der Waals surface area (Å²) in [6.07, 6.45) is 0. The SMILES string of the molecule is Cc1nnc(NC(=O)COc2ccccc2C#N)o1. The molecule has 7 nitrogen and oxygen atoms in total. The lowest BCUT2D eigenvalue weighted by Gasteiger charge is -2.06. The smallest absolute Gasteiger partial charge is 0.322 e. The second kappa shape index (κ2) is 5.64. The van der Waals surface area contributed by atoms with E-state index in [1.54, 1.807) is 31.2 Å². The number of carbonyl (C=O) groups excluding carboxylic acids is 1. The highest BCUT2D eigenvalue weighted by Gasteiger charge is 2.09. The molecule has 2 aromatic rings. The third-order valence-corrected chi connectivity index (χ3v) is 2.14. The van der Waals surface area contributed by atoms with Gasteiger partial charge in [-0.2, -0.15) is 5.26 Å². The van der Waals surface area contributed by atoms with Crippen LogP contribution in [0, 0.1) is 18.3 Å². The number of anilines is 1. The Kier molecular flexibility index (Phi) is 3.73. The van der Waals surface area contributed by atoms with Crippen LogP contribution in [-0.4, -0.2) is 22.7 Å². The summed E-state index contributed by atoms with van der Waals surface area (Å²) >= 11 is 0. The number of nitrogens with one attached hydrogen (secondary N) is 1. The molecule has 1 heterocycles. The first kappa shape index (κ1) is 12.6. The van der Waals surface area contributed by atoms with Gasteiger partial charge in [0.1, 0.15) is 11.8 Å². The minimum absolute atomic E-state index is 0.0136. The van der Waals surface area contributed by atoms with Gasteiger partial charge in [-0.05, 0) is 12.1 Å². The van der Waals surface area contributed by atoms with Crippen LogP contribution in [0.25, 0.3) is 0 Å². The molecule has 2 rings (SSSR count). The molecule has 1 aromatic heterocycles. The van der Waals surface area contributed by atoms with Crippen LogP contribution >= 0.6 is 0 Å². The highest BCUT2D eigenvalue weighted by atomic mass is 16.5. The molecule has 7 heteroatoms. The van der Waals surface area contributed by atoms with Gasteiger partial charge in [-0.25, -0.2) is 0 Å². The van der Waals surface area contributed by atoms with E-state index in [2.05, 4.69) is 15.5 Å². The number of carbonyl (C=O) groups is 1. The number of nitrogens with zero attached hydrogens (tertiary/aromatic N) is 3. The van der Waals surface area contributed by atoms with Crippen molar-refractivity contribution in [1.29, 1.82) is 5.26 Å². The average molecular weight is 258 g/mol. The second-order valence-electron chi connectivity index (χ2n) is 3.57. The van der Waals surface area contributed by atoms with Crippen molar-refractivity contribution in [1.82, 2.24) is 10.2 Å². The Balaban J connectivity index is 1.92. The van der Waals surface area contributed by atoms with E-state index in [1.807, 2.05) is 6.07 Å². The Labute approximate surface area is 108 Å².